The molecule has 0 bridgehead atoms. The second-order valence-electron chi connectivity index (χ2n) is 3.87. The molecule has 2 aromatic rings. The Bertz CT molecular complexity index is 537. The van der Waals surface area contributed by atoms with E-state index in [1.54, 1.807) is 6.20 Å². The molecule has 2 rings (SSSR count). The van der Waals surface area contributed by atoms with E-state index in [0.717, 1.165) is 17.8 Å². The smallest absolute Gasteiger partial charge is 0.259 e. The lowest BCUT2D eigenvalue weighted by Gasteiger charge is -2.11. The van der Waals surface area contributed by atoms with Crippen molar-refractivity contribution in [2.24, 2.45) is 0 Å². The van der Waals surface area contributed by atoms with E-state index in [0.29, 0.717) is 10.7 Å². The number of anilines is 2. The molecule has 18 heavy (non-hydrogen) atoms. The molecule has 0 fully saturated rings. The molecule has 5 heteroatoms. The van der Waals surface area contributed by atoms with E-state index in [1.807, 2.05) is 37.4 Å². The van der Waals surface area contributed by atoms with Gasteiger partial charge in [0.05, 0.1) is 5.56 Å². The van der Waals surface area contributed by atoms with Gasteiger partial charge in [0, 0.05) is 23.8 Å². The maximum atomic E-state index is 12.1. The maximum Gasteiger partial charge on any atom is 0.259 e. The third kappa shape index (κ3) is 2.87. The van der Waals surface area contributed by atoms with Gasteiger partial charge in [0.25, 0.3) is 5.91 Å². The zero-order valence-corrected chi connectivity index (χ0v) is 11.2. The summed E-state index contributed by atoms with van der Waals surface area (Å²) in [5, 5.41) is 8.43. The number of nitrogens with zero attached hydrogens (tertiary/aromatic N) is 1. The van der Waals surface area contributed by atoms with Crippen LogP contribution in [0.25, 0.3) is 0 Å². The Kier molecular flexibility index (Phi) is 3.94. The van der Waals surface area contributed by atoms with Crippen LogP contribution in [-0.4, -0.2) is 17.4 Å². The van der Waals surface area contributed by atoms with Gasteiger partial charge in [-0.15, -0.1) is 11.3 Å². The topological polar surface area (TPSA) is 54.0 Å². The first-order valence-electron chi connectivity index (χ1n) is 5.76. The number of aryl methyl sites for hydroxylation is 1. The largest absolute Gasteiger partial charge is 0.385 e. The van der Waals surface area contributed by atoms with Gasteiger partial charge in [0.15, 0.2) is 5.13 Å². The number of rotatable bonds is 4. The van der Waals surface area contributed by atoms with Crippen LogP contribution in [0.1, 0.15) is 22.8 Å². The van der Waals surface area contributed by atoms with Gasteiger partial charge < -0.3 is 5.32 Å². The second-order valence-corrected chi connectivity index (χ2v) is 4.77. The van der Waals surface area contributed by atoms with Gasteiger partial charge in [-0.25, -0.2) is 4.98 Å². The molecule has 0 aliphatic carbocycles. The second kappa shape index (κ2) is 5.64. The lowest BCUT2D eigenvalue weighted by molar-refractivity contribution is 0.102. The number of nitrogens with one attached hydrogen (secondary N) is 2. The van der Waals surface area contributed by atoms with Gasteiger partial charge in [0.1, 0.15) is 0 Å². The molecule has 0 atom stereocenters. The molecule has 0 unspecified atom stereocenters. The third-order valence-electron chi connectivity index (χ3n) is 2.44. The minimum absolute atomic E-state index is 0.138. The SMILES string of the molecule is CCNc1cc(C)ccc1C(=O)Nc1nccs1. The van der Waals surface area contributed by atoms with Gasteiger partial charge in [-0.1, -0.05) is 6.07 Å². The number of hydrogen-bond donors (Lipinski definition) is 2. The molecule has 1 heterocycles. The van der Waals surface area contributed by atoms with E-state index in [2.05, 4.69) is 15.6 Å². The Morgan fingerprint density at radius 3 is 2.94 bits per heavy atom. The van der Waals surface area contributed by atoms with Crippen LogP contribution < -0.4 is 10.6 Å². The van der Waals surface area contributed by atoms with Crippen LogP contribution >= 0.6 is 11.3 Å². The molecule has 2 N–H and O–H groups in total. The average molecular weight is 261 g/mol. The molecule has 0 saturated heterocycles. The molecule has 0 aliphatic heterocycles. The molecule has 0 aliphatic rings. The van der Waals surface area contributed by atoms with Gasteiger partial charge in [-0.3, -0.25) is 10.1 Å². The summed E-state index contributed by atoms with van der Waals surface area (Å²) >= 11 is 1.40. The Morgan fingerprint density at radius 2 is 2.28 bits per heavy atom. The summed E-state index contributed by atoms with van der Waals surface area (Å²) in [6.07, 6.45) is 1.67. The molecule has 1 amide bonds. The summed E-state index contributed by atoms with van der Waals surface area (Å²) in [7, 11) is 0. The third-order valence-corrected chi connectivity index (χ3v) is 3.13. The highest BCUT2D eigenvalue weighted by Crippen LogP contribution is 2.20. The van der Waals surface area contributed by atoms with Gasteiger partial charge >= 0.3 is 0 Å². The summed E-state index contributed by atoms with van der Waals surface area (Å²) in [5.74, 6) is -0.138. The predicted molar refractivity (Wildman–Crippen MR) is 75.4 cm³/mol. The van der Waals surface area contributed by atoms with Crippen molar-refractivity contribution in [1.82, 2.24) is 4.98 Å². The number of aromatic nitrogens is 1. The highest BCUT2D eigenvalue weighted by molar-refractivity contribution is 7.13. The van der Waals surface area contributed by atoms with Crippen molar-refractivity contribution >= 4 is 28.1 Å². The first-order chi connectivity index (χ1) is 8.70. The average Bonchev–Trinajstić information content (AvgIpc) is 2.82. The van der Waals surface area contributed by atoms with Crippen molar-refractivity contribution in [2.75, 3.05) is 17.2 Å². The molecule has 0 spiro atoms. The standard InChI is InChI=1S/C13H15N3OS/c1-3-14-11-8-9(2)4-5-10(11)12(17)16-13-15-6-7-18-13/h4-8,14H,3H2,1-2H3,(H,15,16,17). The lowest BCUT2D eigenvalue weighted by atomic mass is 10.1. The van der Waals surface area contributed by atoms with Crippen molar-refractivity contribution < 1.29 is 4.79 Å². The van der Waals surface area contributed by atoms with Gasteiger partial charge in [-0.2, -0.15) is 0 Å². The number of carbonyl (C=O) groups is 1. The number of carbonyl (C=O) groups excluding carboxylic acids is 1. The molecule has 94 valence electrons. The fourth-order valence-electron chi connectivity index (χ4n) is 1.64. The monoisotopic (exact) mass is 261 g/mol. The summed E-state index contributed by atoms with van der Waals surface area (Å²) in [5.41, 5.74) is 2.61. The van der Waals surface area contributed by atoms with Crippen LogP contribution in [0.15, 0.2) is 29.8 Å². The number of thiazole rings is 1. The highest BCUT2D eigenvalue weighted by atomic mass is 32.1. The van der Waals surface area contributed by atoms with Crippen molar-refractivity contribution in [2.45, 2.75) is 13.8 Å². The van der Waals surface area contributed by atoms with Crippen LogP contribution in [0.3, 0.4) is 0 Å². The quantitative estimate of drug-likeness (QED) is 0.889. The van der Waals surface area contributed by atoms with Crippen LogP contribution in [0.5, 0.6) is 0 Å². The van der Waals surface area contributed by atoms with E-state index in [9.17, 15) is 4.79 Å². The first-order valence-corrected chi connectivity index (χ1v) is 6.64. The van der Waals surface area contributed by atoms with Crippen LogP contribution in [-0.2, 0) is 0 Å². The Balaban J connectivity index is 2.23. The molecule has 1 aromatic heterocycles. The lowest BCUT2D eigenvalue weighted by Crippen LogP contribution is -2.14. The van der Waals surface area contributed by atoms with Gasteiger partial charge in [0.2, 0.25) is 0 Å². The zero-order valence-electron chi connectivity index (χ0n) is 10.4. The summed E-state index contributed by atoms with van der Waals surface area (Å²) in [6.45, 7) is 4.79. The van der Waals surface area contributed by atoms with Crippen molar-refractivity contribution in [3.05, 3.63) is 40.9 Å². The normalized spacial score (nSPS) is 10.1. The molecule has 0 radical (unpaired) electrons. The fourth-order valence-corrected chi connectivity index (χ4v) is 2.17. The van der Waals surface area contributed by atoms with E-state index in [-0.39, 0.29) is 5.91 Å². The van der Waals surface area contributed by atoms with E-state index < -0.39 is 0 Å². The predicted octanol–water partition coefficient (Wildman–Crippen LogP) is 3.14. The van der Waals surface area contributed by atoms with Crippen molar-refractivity contribution in [3.63, 3.8) is 0 Å². The van der Waals surface area contributed by atoms with Crippen molar-refractivity contribution in [1.29, 1.82) is 0 Å². The molecular weight excluding hydrogens is 246 g/mol. The summed E-state index contributed by atoms with van der Waals surface area (Å²) in [6, 6.07) is 5.73. The van der Waals surface area contributed by atoms with Crippen molar-refractivity contribution in [3.8, 4) is 0 Å². The Morgan fingerprint density at radius 1 is 1.44 bits per heavy atom. The van der Waals surface area contributed by atoms with Crippen LogP contribution in [0.2, 0.25) is 0 Å². The van der Waals surface area contributed by atoms with E-state index in [4.69, 9.17) is 0 Å². The number of hydrogen-bond acceptors (Lipinski definition) is 4. The highest BCUT2D eigenvalue weighted by Gasteiger charge is 2.12. The van der Waals surface area contributed by atoms with Gasteiger partial charge in [-0.05, 0) is 31.5 Å². The van der Waals surface area contributed by atoms with E-state index in [1.165, 1.54) is 11.3 Å². The number of benzene rings is 1. The minimum atomic E-state index is -0.138. The fraction of sp³-hybridized carbons (Fsp3) is 0.231. The van der Waals surface area contributed by atoms with Crippen LogP contribution in [0.4, 0.5) is 10.8 Å². The maximum absolute atomic E-state index is 12.1. The Hall–Kier alpha value is -1.88. The van der Waals surface area contributed by atoms with Crippen LogP contribution in [0, 0.1) is 6.92 Å². The van der Waals surface area contributed by atoms with E-state index >= 15 is 0 Å². The Labute approximate surface area is 110 Å². The first kappa shape index (κ1) is 12.6. The molecular formula is C13H15N3OS. The molecule has 4 nitrogen and oxygen atoms in total. The number of amides is 1. The minimum Gasteiger partial charge on any atom is -0.385 e. The zero-order chi connectivity index (χ0) is 13.0. The summed E-state index contributed by atoms with van der Waals surface area (Å²) in [4.78, 5) is 16.2. The molecule has 0 saturated carbocycles. The molecule has 1 aromatic carbocycles. The summed E-state index contributed by atoms with van der Waals surface area (Å²) < 4.78 is 0.